The molecule has 0 fully saturated rings. The molecule has 0 saturated carbocycles. The topological polar surface area (TPSA) is 93.0 Å². The first-order valence-corrected chi connectivity index (χ1v) is 6.83. The molecule has 2 aromatic rings. The molecule has 0 saturated heterocycles. The molecule has 1 amide bonds. The summed E-state index contributed by atoms with van der Waals surface area (Å²) in [6.45, 7) is 2.92. The van der Waals surface area contributed by atoms with Gasteiger partial charge in [-0.05, 0) is 17.5 Å². The Morgan fingerprint density at radius 2 is 2.19 bits per heavy atom. The Bertz CT molecular complexity index is 622. The lowest BCUT2D eigenvalue weighted by Crippen LogP contribution is -2.24. The lowest BCUT2D eigenvalue weighted by molar-refractivity contribution is 0.0946. The minimum atomic E-state index is -0.277. The zero-order chi connectivity index (χ0) is 15.2. The van der Waals surface area contributed by atoms with Crippen LogP contribution in [0.1, 0.15) is 34.2 Å². The van der Waals surface area contributed by atoms with Crippen LogP contribution in [0.5, 0.6) is 0 Å². The quantitative estimate of drug-likeness (QED) is 0.753. The highest BCUT2D eigenvalue weighted by molar-refractivity contribution is 5.97. The number of H-pyrrole nitrogens is 1. The fourth-order valence-corrected chi connectivity index (χ4v) is 2.09. The predicted octanol–water partition coefficient (Wildman–Crippen LogP) is 1.63. The fourth-order valence-electron chi connectivity index (χ4n) is 2.09. The van der Waals surface area contributed by atoms with E-state index in [9.17, 15) is 4.79 Å². The molecule has 0 aliphatic heterocycles. The molecule has 0 aliphatic carbocycles. The number of hydrogen-bond acceptors (Lipinski definition) is 4. The van der Waals surface area contributed by atoms with E-state index < -0.39 is 0 Å². The first kappa shape index (κ1) is 15.1. The zero-order valence-electron chi connectivity index (χ0n) is 12.3. The third-order valence-corrected chi connectivity index (χ3v) is 3.21. The number of nitrogens with zero attached hydrogens (tertiary/aromatic N) is 1. The van der Waals surface area contributed by atoms with Gasteiger partial charge in [0.05, 0.1) is 18.0 Å². The van der Waals surface area contributed by atoms with Gasteiger partial charge < -0.3 is 15.8 Å². The van der Waals surface area contributed by atoms with E-state index in [-0.39, 0.29) is 11.6 Å². The van der Waals surface area contributed by atoms with E-state index in [2.05, 4.69) is 15.5 Å². The molecule has 21 heavy (non-hydrogen) atoms. The number of hydrogen-bond donors (Lipinski definition) is 3. The van der Waals surface area contributed by atoms with Crippen molar-refractivity contribution in [2.45, 2.75) is 26.5 Å². The molecule has 1 aromatic heterocycles. The third kappa shape index (κ3) is 3.61. The van der Waals surface area contributed by atoms with Gasteiger partial charge in [-0.2, -0.15) is 5.10 Å². The fraction of sp³-hybridized carbons (Fsp3) is 0.333. The molecular formula is C15H20N4O2. The van der Waals surface area contributed by atoms with Crippen molar-refractivity contribution in [3.63, 3.8) is 0 Å². The number of nitrogen functional groups attached to an aromatic ring is 1. The molecule has 112 valence electrons. The highest BCUT2D eigenvalue weighted by Gasteiger charge is 2.15. The third-order valence-electron chi connectivity index (χ3n) is 3.21. The SMILES string of the molecule is CCc1[nH]nc(C(=O)NCc2cccc(COC)c2)c1N. The van der Waals surface area contributed by atoms with Gasteiger partial charge >= 0.3 is 0 Å². The summed E-state index contributed by atoms with van der Waals surface area (Å²) in [5, 5.41) is 9.56. The van der Waals surface area contributed by atoms with E-state index in [1.165, 1.54) is 0 Å². The van der Waals surface area contributed by atoms with Gasteiger partial charge in [-0.3, -0.25) is 9.89 Å². The number of aryl methyl sites for hydroxylation is 1. The molecule has 0 aliphatic rings. The van der Waals surface area contributed by atoms with Gasteiger partial charge in [0.15, 0.2) is 5.69 Å². The average molecular weight is 288 g/mol. The van der Waals surface area contributed by atoms with Gasteiger partial charge in [-0.25, -0.2) is 0 Å². The van der Waals surface area contributed by atoms with Crippen molar-refractivity contribution in [3.8, 4) is 0 Å². The molecule has 0 spiro atoms. The number of nitrogens with one attached hydrogen (secondary N) is 2. The summed E-state index contributed by atoms with van der Waals surface area (Å²) in [6, 6.07) is 7.86. The summed E-state index contributed by atoms with van der Waals surface area (Å²) >= 11 is 0. The summed E-state index contributed by atoms with van der Waals surface area (Å²) in [4.78, 5) is 12.1. The van der Waals surface area contributed by atoms with Crippen LogP contribution in [-0.2, 0) is 24.3 Å². The van der Waals surface area contributed by atoms with Crippen LogP contribution in [0.15, 0.2) is 24.3 Å². The summed E-state index contributed by atoms with van der Waals surface area (Å²) in [7, 11) is 1.65. The average Bonchev–Trinajstić information content (AvgIpc) is 2.86. The number of aromatic nitrogens is 2. The predicted molar refractivity (Wildman–Crippen MR) is 80.7 cm³/mol. The molecule has 1 heterocycles. The highest BCUT2D eigenvalue weighted by atomic mass is 16.5. The maximum Gasteiger partial charge on any atom is 0.274 e. The van der Waals surface area contributed by atoms with E-state index in [4.69, 9.17) is 10.5 Å². The minimum absolute atomic E-state index is 0.250. The van der Waals surface area contributed by atoms with E-state index >= 15 is 0 Å². The molecule has 6 nitrogen and oxygen atoms in total. The summed E-state index contributed by atoms with van der Waals surface area (Å²) in [5.41, 5.74) is 9.39. The number of rotatable bonds is 6. The molecule has 1 aromatic carbocycles. The van der Waals surface area contributed by atoms with E-state index in [1.807, 2.05) is 31.2 Å². The Morgan fingerprint density at radius 1 is 1.43 bits per heavy atom. The Kier molecular flexibility index (Phi) is 4.94. The van der Waals surface area contributed by atoms with Crippen LogP contribution < -0.4 is 11.1 Å². The van der Waals surface area contributed by atoms with Crippen LogP contribution in [0.4, 0.5) is 5.69 Å². The zero-order valence-corrected chi connectivity index (χ0v) is 12.3. The van der Waals surface area contributed by atoms with Gasteiger partial charge in [0, 0.05) is 13.7 Å². The standard InChI is InChI=1S/C15H20N4O2/c1-3-12-13(16)14(19-18-12)15(20)17-8-10-5-4-6-11(7-10)9-21-2/h4-7H,3,8-9,16H2,1-2H3,(H,17,20)(H,18,19). The number of carbonyl (C=O) groups is 1. The molecule has 2 rings (SSSR count). The van der Waals surface area contributed by atoms with Crippen molar-refractivity contribution in [1.29, 1.82) is 0 Å². The van der Waals surface area contributed by atoms with E-state index in [0.29, 0.717) is 25.3 Å². The van der Waals surface area contributed by atoms with Crippen molar-refractivity contribution >= 4 is 11.6 Å². The van der Waals surface area contributed by atoms with Crippen molar-refractivity contribution < 1.29 is 9.53 Å². The Morgan fingerprint density at radius 3 is 2.86 bits per heavy atom. The summed E-state index contributed by atoms with van der Waals surface area (Å²) in [6.07, 6.45) is 0.713. The van der Waals surface area contributed by atoms with Gasteiger partial charge in [0.2, 0.25) is 0 Å². The number of aromatic amines is 1. The number of ether oxygens (including phenoxy) is 1. The molecule has 0 bridgehead atoms. The summed E-state index contributed by atoms with van der Waals surface area (Å²) in [5.74, 6) is -0.277. The lowest BCUT2D eigenvalue weighted by Gasteiger charge is -2.06. The van der Waals surface area contributed by atoms with Crippen LogP contribution in [0.3, 0.4) is 0 Å². The number of nitrogens with two attached hydrogens (primary N) is 1. The van der Waals surface area contributed by atoms with Crippen LogP contribution in [0.2, 0.25) is 0 Å². The number of carbonyl (C=O) groups excluding carboxylic acids is 1. The van der Waals surface area contributed by atoms with Gasteiger partial charge in [-0.1, -0.05) is 31.2 Å². The van der Waals surface area contributed by atoms with Crippen molar-refractivity contribution in [2.24, 2.45) is 0 Å². The first-order valence-electron chi connectivity index (χ1n) is 6.83. The smallest absolute Gasteiger partial charge is 0.274 e. The molecular weight excluding hydrogens is 268 g/mol. The Balaban J connectivity index is 2.00. The maximum atomic E-state index is 12.1. The molecule has 0 radical (unpaired) electrons. The normalized spacial score (nSPS) is 10.6. The van der Waals surface area contributed by atoms with Crippen LogP contribution in [0.25, 0.3) is 0 Å². The maximum absolute atomic E-state index is 12.1. The first-order chi connectivity index (χ1) is 10.2. The highest BCUT2D eigenvalue weighted by Crippen LogP contribution is 2.14. The second kappa shape index (κ2) is 6.90. The summed E-state index contributed by atoms with van der Waals surface area (Å²) < 4.78 is 5.09. The molecule has 6 heteroatoms. The van der Waals surface area contributed by atoms with E-state index in [1.54, 1.807) is 7.11 Å². The number of amides is 1. The number of anilines is 1. The monoisotopic (exact) mass is 288 g/mol. The van der Waals surface area contributed by atoms with Crippen LogP contribution >= 0.6 is 0 Å². The number of benzene rings is 1. The molecule has 4 N–H and O–H groups in total. The van der Waals surface area contributed by atoms with Gasteiger partial charge in [0.1, 0.15) is 0 Å². The van der Waals surface area contributed by atoms with Crippen LogP contribution in [0, 0.1) is 0 Å². The molecule has 0 unspecified atom stereocenters. The second-order valence-electron chi connectivity index (χ2n) is 4.75. The van der Waals surface area contributed by atoms with Crippen molar-refractivity contribution in [2.75, 3.05) is 12.8 Å². The van der Waals surface area contributed by atoms with Gasteiger partial charge in [-0.15, -0.1) is 0 Å². The Hall–Kier alpha value is -2.34. The number of methoxy groups -OCH3 is 1. The molecule has 0 atom stereocenters. The van der Waals surface area contributed by atoms with Gasteiger partial charge in [0.25, 0.3) is 5.91 Å². The van der Waals surface area contributed by atoms with E-state index in [0.717, 1.165) is 16.8 Å². The Labute approximate surface area is 123 Å². The second-order valence-corrected chi connectivity index (χ2v) is 4.75. The lowest BCUT2D eigenvalue weighted by atomic mass is 10.1. The minimum Gasteiger partial charge on any atom is -0.395 e. The van der Waals surface area contributed by atoms with Crippen LogP contribution in [-0.4, -0.2) is 23.2 Å². The van der Waals surface area contributed by atoms with Crippen molar-refractivity contribution in [1.82, 2.24) is 15.5 Å². The largest absolute Gasteiger partial charge is 0.395 e. The van der Waals surface area contributed by atoms with Crippen molar-refractivity contribution in [3.05, 3.63) is 46.8 Å².